The number of anilines is 1. The van der Waals surface area contributed by atoms with Crippen molar-refractivity contribution in [2.75, 3.05) is 18.0 Å². The van der Waals surface area contributed by atoms with Crippen LogP contribution in [0.2, 0.25) is 0 Å². The molecule has 2 aromatic rings. The summed E-state index contributed by atoms with van der Waals surface area (Å²) in [6.45, 7) is 1.71. The van der Waals surface area contributed by atoms with Crippen molar-refractivity contribution >= 4 is 17.1 Å². The van der Waals surface area contributed by atoms with Gasteiger partial charge in [0.2, 0.25) is 5.95 Å². The van der Waals surface area contributed by atoms with Gasteiger partial charge in [0.05, 0.1) is 5.52 Å². The van der Waals surface area contributed by atoms with E-state index in [1.807, 2.05) is 12.1 Å². The van der Waals surface area contributed by atoms with E-state index in [1.165, 1.54) is 6.42 Å². The molecule has 3 N–H and O–H groups in total. The third kappa shape index (κ3) is 1.44. The van der Waals surface area contributed by atoms with Gasteiger partial charge in [-0.1, -0.05) is 0 Å². The SMILES string of the molecule is NC[C@@H]1CCCN1c1nc2ncccc2[nH]1. The molecule has 5 nitrogen and oxygen atoms in total. The molecule has 1 aliphatic heterocycles. The standard InChI is InChI=1S/C11H15N5/c12-7-8-3-2-6-16(8)11-14-9-4-1-5-13-10(9)15-11/h1,4-5,8H,2-3,6-7,12H2,(H,13,14,15)/t8-/m0/s1. The van der Waals surface area contributed by atoms with Crippen LogP contribution in [0.1, 0.15) is 12.8 Å². The maximum atomic E-state index is 5.76. The second-order valence-corrected chi connectivity index (χ2v) is 4.16. The highest BCUT2D eigenvalue weighted by Crippen LogP contribution is 2.23. The predicted molar refractivity (Wildman–Crippen MR) is 63.3 cm³/mol. The quantitative estimate of drug-likeness (QED) is 0.783. The minimum absolute atomic E-state index is 0.417. The van der Waals surface area contributed by atoms with E-state index < -0.39 is 0 Å². The smallest absolute Gasteiger partial charge is 0.205 e. The number of hydrogen-bond acceptors (Lipinski definition) is 4. The van der Waals surface area contributed by atoms with Gasteiger partial charge in [-0.15, -0.1) is 0 Å². The van der Waals surface area contributed by atoms with Crippen LogP contribution in [0.5, 0.6) is 0 Å². The van der Waals surface area contributed by atoms with Crippen LogP contribution in [0.3, 0.4) is 0 Å². The van der Waals surface area contributed by atoms with E-state index in [1.54, 1.807) is 6.20 Å². The molecule has 0 radical (unpaired) electrons. The van der Waals surface area contributed by atoms with Gasteiger partial charge in [0.25, 0.3) is 0 Å². The molecule has 0 aromatic carbocycles. The Labute approximate surface area is 93.7 Å². The molecule has 0 unspecified atom stereocenters. The van der Waals surface area contributed by atoms with Crippen molar-refractivity contribution in [2.24, 2.45) is 5.73 Å². The van der Waals surface area contributed by atoms with Gasteiger partial charge in [0.15, 0.2) is 5.65 Å². The maximum absolute atomic E-state index is 5.76. The second kappa shape index (κ2) is 3.75. The number of H-pyrrole nitrogens is 1. The zero-order valence-electron chi connectivity index (χ0n) is 9.06. The summed E-state index contributed by atoms with van der Waals surface area (Å²) < 4.78 is 0. The van der Waals surface area contributed by atoms with Crippen LogP contribution in [0.15, 0.2) is 18.3 Å². The Kier molecular flexibility index (Phi) is 2.25. The van der Waals surface area contributed by atoms with Gasteiger partial charge in [0.1, 0.15) is 0 Å². The molecule has 0 saturated carbocycles. The number of rotatable bonds is 2. The van der Waals surface area contributed by atoms with Gasteiger partial charge >= 0.3 is 0 Å². The van der Waals surface area contributed by atoms with Gasteiger partial charge < -0.3 is 15.6 Å². The lowest BCUT2D eigenvalue weighted by Crippen LogP contribution is -2.36. The summed E-state index contributed by atoms with van der Waals surface area (Å²) in [4.78, 5) is 14.3. The van der Waals surface area contributed by atoms with Crippen molar-refractivity contribution in [3.63, 3.8) is 0 Å². The Morgan fingerprint density at radius 2 is 2.50 bits per heavy atom. The fraction of sp³-hybridized carbons (Fsp3) is 0.455. The van der Waals surface area contributed by atoms with Crippen LogP contribution < -0.4 is 10.6 Å². The summed E-state index contributed by atoms with van der Waals surface area (Å²) >= 11 is 0. The van der Waals surface area contributed by atoms with E-state index in [4.69, 9.17) is 5.73 Å². The van der Waals surface area contributed by atoms with Crippen molar-refractivity contribution < 1.29 is 0 Å². The normalized spacial score (nSPS) is 20.8. The summed E-state index contributed by atoms with van der Waals surface area (Å²) in [5.74, 6) is 0.904. The van der Waals surface area contributed by atoms with Crippen LogP contribution in [0, 0.1) is 0 Å². The molecule has 3 rings (SSSR count). The molecule has 1 fully saturated rings. The Hall–Kier alpha value is -1.62. The molecule has 1 saturated heterocycles. The van der Waals surface area contributed by atoms with E-state index in [-0.39, 0.29) is 0 Å². The number of nitrogens with zero attached hydrogens (tertiary/aromatic N) is 3. The lowest BCUT2D eigenvalue weighted by atomic mass is 10.2. The topological polar surface area (TPSA) is 70.8 Å². The van der Waals surface area contributed by atoms with Gasteiger partial charge in [0, 0.05) is 25.3 Å². The summed E-state index contributed by atoms with van der Waals surface area (Å²) in [5, 5.41) is 0. The monoisotopic (exact) mass is 217 g/mol. The van der Waals surface area contributed by atoms with Crippen LogP contribution >= 0.6 is 0 Å². The first-order valence-electron chi connectivity index (χ1n) is 5.66. The van der Waals surface area contributed by atoms with E-state index in [2.05, 4.69) is 19.9 Å². The predicted octanol–water partition coefficient (Wildman–Crippen LogP) is 0.885. The Bertz CT molecular complexity index is 459. The number of nitrogens with two attached hydrogens (primary N) is 1. The number of imidazole rings is 1. The van der Waals surface area contributed by atoms with Crippen molar-refractivity contribution in [1.82, 2.24) is 15.0 Å². The van der Waals surface area contributed by atoms with E-state index in [0.29, 0.717) is 12.6 Å². The Morgan fingerprint density at radius 1 is 1.56 bits per heavy atom. The molecule has 1 atom stereocenters. The molecule has 84 valence electrons. The van der Waals surface area contributed by atoms with Crippen LogP contribution in [-0.4, -0.2) is 34.1 Å². The number of aromatic amines is 1. The minimum Gasteiger partial charge on any atom is -0.338 e. The van der Waals surface area contributed by atoms with Crippen molar-refractivity contribution in [1.29, 1.82) is 0 Å². The highest BCUT2D eigenvalue weighted by molar-refractivity contribution is 5.73. The maximum Gasteiger partial charge on any atom is 0.205 e. The van der Waals surface area contributed by atoms with Crippen LogP contribution in [-0.2, 0) is 0 Å². The summed E-state index contributed by atoms with van der Waals surface area (Å²) in [5.41, 5.74) is 7.52. The molecule has 0 amide bonds. The van der Waals surface area contributed by atoms with E-state index in [0.717, 1.165) is 30.1 Å². The minimum atomic E-state index is 0.417. The highest BCUT2D eigenvalue weighted by atomic mass is 15.3. The molecule has 3 heterocycles. The fourth-order valence-corrected chi connectivity index (χ4v) is 2.33. The van der Waals surface area contributed by atoms with Crippen LogP contribution in [0.25, 0.3) is 11.2 Å². The Balaban J connectivity index is 1.99. The molecule has 1 aliphatic rings. The molecule has 0 aliphatic carbocycles. The average Bonchev–Trinajstić information content (AvgIpc) is 2.94. The third-order valence-corrected chi connectivity index (χ3v) is 3.17. The molecular weight excluding hydrogens is 202 g/mol. The van der Waals surface area contributed by atoms with Crippen molar-refractivity contribution in [2.45, 2.75) is 18.9 Å². The summed E-state index contributed by atoms with van der Waals surface area (Å²) in [6.07, 6.45) is 4.10. The summed E-state index contributed by atoms with van der Waals surface area (Å²) in [7, 11) is 0. The van der Waals surface area contributed by atoms with E-state index >= 15 is 0 Å². The number of hydrogen-bond donors (Lipinski definition) is 2. The largest absolute Gasteiger partial charge is 0.338 e. The number of fused-ring (bicyclic) bond motifs is 1. The molecule has 5 heteroatoms. The highest BCUT2D eigenvalue weighted by Gasteiger charge is 2.25. The fourth-order valence-electron chi connectivity index (χ4n) is 2.33. The number of pyridine rings is 1. The first-order valence-corrected chi connectivity index (χ1v) is 5.66. The summed E-state index contributed by atoms with van der Waals surface area (Å²) in [6, 6.07) is 4.32. The number of aromatic nitrogens is 3. The van der Waals surface area contributed by atoms with Gasteiger partial charge in [-0.05, 0) is 25.0 Å². The van der Waals surface area contributed by atoms with Crippen molar-refractivity contribution in [3.05, 3.63) is 18.3 Å². The second-order valence-electron chi connectivity index (χ2n) is 4.16. The molecular formula is C11H15N5. The first kappa shape index (κ1) is 9.59. The third-order valence-electron chi connectivity index (χ3n) is 3.17. The van der Waals surface area contributed by atoms with Gasteiger partial charge in [-0.2, -0.15) is 4.98 Å². The first-order chi connectivity index (χ1) is 7.88. The molecule has 2 aromatic heterocycles. The van der Waals surface area contributed by atoms with E-state index in [9.17, 15) is 0 Å². The molecule has 16 heavy (non-hydrogen) atoms. The lowest BCUT2D eigenvalue weighted by Gasteiger charge is -2.22. The van der Waals surface area contributed by atoms with Crippen molar-refractivity contribution in [3.8, 4) is 0 Å². The lowest BCUT2D eigenvalue weighted by molar-refractivity contribution is 0.667. The molecule has 0 bridgehead atoms. The average molecular weight is 217 g/mol. The zero-order chi connectivity index (χ0) is 11.0. The number of nitrogens with one attached hydrogen (secondary N) is 1. The van der Waals surface area contributed by atoms with Gasteiger partial charge in [-0.25, -0.2) is 4.98 Å². The zero-order valence-corrected chi connectivity index (χ0v) is 9.06. The molecule has 0 spiro atoms. The van der Waals surface area contributed by atoms with Gasteiger partial charge in [-0.3, -0.25) is 0 Å². The Morgan fingerprint density at radius 3 is 3.31 bits per heavy atom. The van der Waals surface area contributed by atoms with Crippen LogP contribution in [0.4, 0.5) is 5.95 Å².